The van der Waals surface area contributed by atoms with Crippen molar-refractivity contribution in [3.63, 3.8) is 0 Å². The van der Waals surface area contributed by atoms with Crippen molar-refractivity contribution < 1.29 is 9.84 Å². The lowest BCUT2D eigenvalue weighted by atomic mass is 9.89. The zero-order valence-electron chi connectivity index (χ0n) is 10.2. The van der Waals surface area contributed by atoms with E-state index in [1.165, 1.54) is 0 Å². The van der Waals surface area contributed by atoms with Gasteiger partial charge in [-0.1, -0.05) is 42.6 Å². The molecule has 0 bridgehead atoms. The minimum atomic E-state index is -0.626. The number of rotatable bonds is 4. The van der Waals surface area contributed by atoms with Gasteiger partial charge in [-0.15, -0.1) is 0 Å². The SMILES string of the molecule is CCOC1(C(O)c2ccccc2Cl)CCCC1. The summed E-state index contributed by atoms with van der Waals surface area (Å²) >= 11 is 6.14. The summed E-state index contributed by atoms with van der Waals surface area (Å²) in [5.41, 5.74) is 0.351. The summed E-state index contributed by atoms with van der Waals surface area (Å²) in [6.07, 6.45) is 3.42. The Bertz CT molecular complexity index is 372. The van der Waals surface area contributed by atoms with E-state index in [0.29, 0.717) is 11.6 Å². The molecule has 1 N–H and O–H groups in total. The van der Waals surface area contributed by atoms with Crippen LogP contribution >= 0.6 is 11.6 Å². The normalized spacial score (nSPS) is 20.4. The monoisotopic (exact) mass is 254 g/mol. The summed E-state index contributed by atoms with van der Waals surface area (Å²) in [5.74, 6) is 0. The fourth-order valence-corrected chi connectivity index (χ4v) is 2.98. The van der Waals surface area contributed by atoms with Gasteiger partial charge in [0, 0.05) is 17.2 Å². The zero-order valence-corrected chi connectivity index (χ0v) is 10.9. The van der Waals surface area contributed by atoms with Crippen LogP contribution in [0.15, 0.2) is 24.3 Å². The Hall–Kier alpha value is -0.570. The van der Waals surface area contributed by atoms with Crippen LogP contribution < -0.4 is 0 Å². The van der Waals surface area contributed by atoms with Gasteiger partial charge in [-0.2, -0.15) is 0 Å². The molecule has 2 nitrogen and oxygen atoms in total. The van der Waals surface area contributed by atoms with Crippen LogP contribution in [0.1, 0.15) is 44.3 Å². The molecule has 1 atom stereocenters. The third-order valence-corrected chi connectivity index (χ3v) is 3.92. The van der Waals surface area contributed by atoms with Crippen LogP contribution in [0.3, 0.4) is 0 Å². The molecule has 0 amide bonds. The second kappa shape index (κ2) is 5.38. The summed E-state index contributed by atoms with van der Waals surface area (Å²) in [5, 5.41) is 11.2. The van der Waals surface area contributed by atoms with Gasteiger partial charge in [0.25, 0.3) is 0 Å². The molecule has 1 aliphatic carbocycles. The van der Waals surface area contributed by atoms with Crippen molar-refractivity contribution in [2.24, 2.45) is 0 Å². The van der Waals surface area contributed by atoms with Gasteiger partial charge >= 0.3 is 0 Å². The molecule has 3 heteroatoms. The number of hydrogen-bond acceptors (Lipinski definition) is 2. The van der Waals surface area contributed by atoms with Crippen molar-refractivity contribution in [3.05, 3.63) is 34.9 Å². The van der Waals surface area contributed by atoms with Crippen molar-refractivity contribution in [1.82, 2.24) is 0 Å². The predicted molar refractivity (Wildman–Crippen MR) is 69.2 cm³/mol. The Balaban J connectivity index is 2.28. The lowest BCUT2D eigenvalue weighted by molar-refractivity contribution is -0.118. The average molecular weight is 255 g/mol. The van der Waals surface area contributed by atoms with Crippen LogP contribution in [-0.4, -0.2) is 17.3 Å². The summed E-state index contributed by atoms with van der Waals surface area (Å²) in [6, 6.07) is 7.47. The predicted octanol–water partition coefficient (Wildman–Crippen LogP) is 3.72. The van der Waals surface area contributed by atoms with E-state index < -0.39 is 11.7 Å². The van der Waals surface area contributed by atoms with Crippen LogP contribution in [0.5, 0.6) is 0 Å². The molecule has 1 fully saturated rings. The van der Waals surface area contributed by atoms with Crippen molar-refractivity contribution in [2.75, 3.05) is 6.61 Å². The molecule has 0 saturated heterocycles. The van der Waals surface area contributed by atoms with E-state index in [4.69, 9.17) is 16.3 Å². The second-order valence-electron chi connectivity index (χ2n) is 4.63. The highest BCUT2D eigenvalue weighted by molar-refractivity contribution is 6.31. The third-order valence-electron chi connectivity index (χ3n) is 3.58. The quantitative estimate of drug-likeness (QED) is 0.887. The fraction of sp³-hybridized carbons (Fsp3) is 0.571. The van der Waals surface area contributed by atoms with Gasteiger partial charge in [0.05, 0.1) is 5.60 Å². The highest BCUT2D eigenvalue weighted by Gasteiger charge is 2.42. The van der Waals surface area contributed by atoms with Gasteiger partial charge < -0.3 is 9.84 Å². The van der Waals surface area contributed by atoms with Crippen molar-refractivity contribution in [2.45, 2.75) is 44.3 Å². The van der Waals surface area contributed by atoms with Crippen LogP contribution in [0, 0.1) is 0 Å². The van der Waals surface area contributed by atoms with Crippen LogP contribution in [0.25, 0.3) is 0 Å². The molecule has 0 radical (unpaired) electrons. The largest absolute Gasteiger partial charge is 0.385 e. The van der Waals surface area contributed by atoms with Gasteiger partial charge in [-0.25, -0.2) is 0 Å². The number of benzene rings is 1. The first-order valence-electron chi connectivity index (χ1n) is 6.26. The summed E-state index contributed by atoms with van der Waals surface area (Å²) in [7, 11) is 0. The number of hydrogen-bond donors (Lipinski definition) is 1. The van der Waals surface area contributed by atoms with Gasteiger partial charge in [-0.05, 0) is 25.8 Å². The zero-order chi connectivity index (χ0) is 12.3. The number of aliphatic hydroxyl groups excluding tert-OH is 1. The topological polar surface area (TPSA) is 29.5 Å². The molecule has 1 aromatic rings. The highest BCUT2D eigenvalue weighted by atomic mass is 35.5. The third kappa shape index (κ3) is 2.49. The lowest BCUT2D eigenvalue weighted by Gasteiger charge is -2.34. The maximum absolute atomic E-state index is 10.6. The second-order valence-corrected chi connectivity index (χ2v) is 5.04. The van der Waals surface area contributed by atoms with E-state index in [9.17, 15) is 5.11 Å². The summed E-state index contributed by atoms with van der Waals surface area (Å²) < 4.78 is 5.85. The molecular weight excluding hydrogens is 236 g/mol. The highest BCUT2D eigenvalue weighted by Crippen LogP contribution is 2.44. The van der Waals surface area contributed by atoms with Gasteiger partial charge in [0.15, 0.2) is 0 Å². The van der Waals surface area contributed by atoms with Crippen LogP contribution in [0.2, 0.25) is 5.02 Å². The van der Waals surface area contributed by atoms with E-state index in [1.54, 1.807) is 0 Å². The molecule has 0 heterocycles. The number of halogens is 1. The first-order valence-corrected chi connectivity index (χ1v) is 6.64. The van der Waals surface area contributed by atoms with E-state index >= 15 is 0 Å². The molecule has 17 heavy (non-hydrogen) atoms. The molecule has 94 valence electrons. The van der Waals surface area contributed by atoms with Crippen LogP contribution in [0.4, 0.5) is 0 Å². The van der Waals surface area contributed by atoms with Crippen molar-refractivity contribution in [3.8, 4) is 0 Å². The molecule has 1 aliphatic rings. The van der Waals surface area contributed by atoms with Gasteiger partial charge in [0.2, 0.25) is 0 Å². The molecule has 0 aromatic heterocycles. The molecule has 1 aromatic carbocycles. The maximum atomic E-state index is 10.6. The van der Waals surface area contributed by atoms with Gasteiger partial charge in [-0.3, -0.25) is 0 Å². The molecule has 1 unspecified atom stereocenters. The van der Waals surface area contributed by atoms with E-state index in [0.717, 1.165) is 31.2 Å². The average Bonchev–Trinajstić information content (AvgIpc) is 2.79. The Morgan fingerprint density at radius 1 is 1.35 bits per heavy atom. The van der Waals surface area contributed by atoms with E-state index in [-0.39, 0.29) is 0 Å². The first kappa shape index (κ1) is 12.9. The molecule has 0 aliphatic heterocycles. The Morgan fingerprint density at radius 3 is 2.59 bits per heavy atom. The van der Waals surface area contributed by atoms with Gasteiger partial charge in [0.1, 0.15) is 6.10 Å². The molecular formula is C14H19ClO2. The minimum absolute atomic E-state index is 0.431. The Kier molecular flexibility index (Phi) is 4.08. The smallest absolute Gasteiger partial charge is 0.109 e. The Morgan fingerprint density at radius 2 is 2.00 bits per heavy atom. The van der Waals surface area contributed by atoms with Crippen LogP contribution in [-0.2, 0) is 4.74 Å². The maximum Gasteiger partial charge on any atom is 0.109 e. The number of aliphatic hydroxyl groups is 1. The van der Waals surface area contributed by atoms with Crippen molar-refractivity contribution in [1.29, 1.82) is 0 Å². The first-order chi connectivity index (χ1) is 8.19. The van der Waals surface area contributed by atoms with E-state index in [2.05, 4.69) is 0 Å². The summed E-state index contributed by atoms with van der Waals surface area (Å²) in [4.78, 5) is 0. The minimum Gasteiger partial charge on any atom is -0.385 e. The van der Waals surface area contributed by atoms with Crippen molar-refractivity contribution >= 4 is 11.6 Å². The summed E-state index contributed by atoms with van der Waals surface area (Å²) in [6.45, 7) is 2.60. The molecule has 2 rings (SSSR count). The Labute approximate surface area is 108 Å². The standard InChI is InChI=1S/C14H19ClO2/c1-2-17-14(9-5-6-10-14)13(16)11-7-3-4-8-12(11)15/h3-4,7-8,13,16H,2,5-6,9-10H2,1H3. The van der Waals surface area contributed by atoms with E-state index in [1.807, 2.05) is 31.2 Å². The molecule has 1 saturated carbocycles. The fourth-order valence-electron chi connectivity index (χ4n) is 2.74. The number of ether oxygens (including phenoxy) is 1. The molecule has 0 spiro atoms. The lowest BCUT2D eigenvalue weighted by Crippen LogP contribution is -2.36.